The first-order chi connectivity index (χ1) is 6.47. The van der Waals surface area contributed by atoms with Crippen molar-refractivity contribution in [3.63, 3.8) is 0 Å². The molecule has 80 valence electrons. The SMILES string of the molecule is Cn1ccc(CCCCS(=O)(=O)Cl)c1. The lowest BCUT2D eigenvalue weighted by Gasteiger charge is -1.97. The van der Waals surface area contributed by atoms with E-state index in [1.807, 2.05) is 30.1 Å². The highest BCUT2D eigenvalue weighted by molar-refractivity contribution is 8.13. The minimum atomic E-state index is -3.31. The lowest BCUT2D eigenvalue weighted by Crippen LogP contribution is -1.97. The summed E-state index contributed by atoms with van der Waals surface area (Å²) in [5.41, 5.74) is 1.24. The summed E-state index contributed by atoms with van der Waals surface area (Å²) in [5, 5.41) is 0. The summed E-state index contributed by atoms with van der Waals surface area (Å²) in [7, 11) is 3.75. The Morgan fingerprint density at radius 2 is 2.14 bits per heavy atom. The van der Waals surface area contributed by atoms with Gasteiger partial charge in [-0.2, -0.15) is 0 Å². The van der Waals surface area contributed by atoms with Crippen LogP contribution in [0.3, 0.4) is 0 Å². The predicted molar refractivity (Wildman–Crippen MR) is 58.0 cm³/mol. The summed E-state index contributed by atoms with van der Waals surface area (Å²) in [6.07, 6.45) is 6.41. The van der Waals surface area contributed by atoms with Crippen LogP contribution in [0, 0.1) is 0 Å². The maximum absolute atomic E-state index is 10.6. The van der Waals surface area contributed by atoms with E-state index in [1.54, 1.807) is 0 Å². The molecule has 1 aromatic rings. The van der Waals surface area contributed by atoms with Crippen LogP contribution in [0.4, 0.5) is 0 Å². The van der Waals surface area contributed by atoms with Crippen molar-refractivity contribution in [3.05, 3.63) is 24.0 Å². The molecule has 0 saturated carbocycles. The van der Waals surface area contributed by atoms with Gasteiger partial charge in [-0.1, -0.05) is 0 Å². The summed E-state index contributed by atoms with van der Waals surface area (Å²) in [6.45, 7) is 0. The van der Waals surface area contributed by atoms with Crippen molar-refractivity contribution in [1.82, 2.24) is 4.57 Å². The standard InChI is InChI=1S/C9H14ClNO2S/c1-11-6-5-9(8-11)4-2-3-7-14(10,12)13/h5-6,8H,2-4,7H2,1H3. The summed E-state index contributed by atoms with van der Waals surface area (Å²) in [4.78, 5) is 0. The van der Waals surface area contributed by atoms with Gasteiger partial charge >= 0.3 is 0 Å². The number of halogens is 1. The van der Waals surface area contributed by atoms with Crippen LogP contribution in [0.25, 0.3) is 0 Å². The van der Waals surface area contributed by atoms with Gasteiger partial charge in [0.1, 0.15) is 0 Å². The first-order valence-electron chi connectivity index (χ1n) is 4.50. The van der Waals surface area contributed by atoms with E-state index in [0.717, 1.165) is 12.8 Å². The molecular weight excluding hydrogens is 222 g/mol. The fourth-order valence-electron chi connectivity index (χ4n) is 1.31. The molecule has 3 nitrogen and oxygen atoms in total. The highest BCUT2D eigenvalue weighted by Crippen LogP contribution is 2.07. The van der Waals surface area contributed by atoms with Crippen LogP contribution in [0.5, 0.6) is 0 Å². The molecule has 0 aliphatic heterocycles. The third-order valence-electron chi connectivity index (χ3n) is 2.00. The molecule has 0 aliphatic rings. The summed E-state index contributed by atoms with van der Waals surface area (Å²) >= 11 is 0. The van der Waals surface area contributed by atoms with E-state index in [-0.39, 0.29) is 5.75 Å². The van der Waals surface area contributed by atoms with Gasteiger partial charge in [0.2, 0.25) is 9.05 Å². The average Bonchev–Trinajstić information content (AvgIpc) is 2.44. The van der Waals surface area contributed by atoms with Crippen molar-refractivity contribution in [2.45, 2.75) is 19.3 Å². The number of hydrogen-bond donors (Lipinski definition) is 0. The zero-order valence-electron chi connectivity index (χ0n) is 8.11. The fraction of sp³-hybridized carbons (Fsp3) is 0.556. The van der Waals surface area contributed by atoms with Crippen LogP contribution in [-0.4, -0.2) is 18.7 Å². The molecule has 5 heteroatoms. The lowest BCUT2D eigenvalue weighted by atomic mass is 10.1. The Morgan fingerprint density at radius 3 is 2.64 bits per heavy atom. The molecule has 0 bridgehead atoms. The molecule has 0 fully saturated rings. The Balaban J connectivity index is 2.23. The number of unbranched alkanes of at least 4 members (excludes halogenated alkanes) is 1. The first-order valence-corrected chi connectivity index (χ1v) is 6.98. The Labute approximate surface area is 89.1 Å². The molecule has 0 aliphatic carbocycles. The molecule has 1 aromatic heterocycles. The quantitative estimate of drug-likeness (QED) is 0.578. The molecule has 14 heavy (non-hydrogen) atoms. The molecule has 1 rings (SSSR count). The minimum absolute atomic E-state index is 0.0708. The molecule has 0 spiro atoms. The van der Waals surface area contributed by atoms with E-state index >= 15 is 0 Å². The van der Waals surface area contributed by atoms with Gasteiger partial charge in [0, 0.05) is 30.1 Å². The molecule has 0 saturated heterocycles. The smallest absolute Gasteiger partial charge is 0.232 e. The third-order valence-corrected chi connectivity index (χ3v) is 3.24. The molecule has 0 N–H and O–H groups in total. The highest BCUT2D eigenvalue weighted by atomic mass is 35.7. The predicted octanol–water partition coefficient (Wildman–Crippen LogP) is 1.92. The zero-order chi connectivity index (χ0) is 10.6. The second-order valence-electron chi connectivity index (χ2n) is 3.39. The normalized spacial score (nSPS) is 11.9. The molecule has 0 radical (unpaired) electrons. The Hall–Kier alpha value is -0.480. The van der Waals surface area contributed by atoms with Gasteiger partial charge in [-0.15, -0.1) is 0 Å². The third kappa shape index (κ3) is 4.67. The lowest BCUT2D eigenvalue weighted by molar-refractivity contribution is 0.605. The highest BCUT2D eigenvalue weighted by Gasteiger charge is 2.04. The number of hydrogen-bond acceptors (Lipinski definition) is 2. The van der Waals surface area contributed by atoms with Crippen molar-refractivity contribution in [2.24, 2.45) is 7.05 Å². The van der Waals surface area contributed by atoms with E-state index < -0.39 is 9.05 Å². The van der Waals surface area contributed by atoms with Crippen LogP contribution < -0.4 is 0 Å². The van der Waals surface area contributed by atoms with Crippen molar-refractivity contribution >= 4 is 19.7 Å². The minimum Gasteiger partial charge on any atom is -0.357 e. The van der Waals surface area contributed by atoms with Crippen LogP contribution in [0.1, 0.15) is 18.4 Å². The van der Waals surface area contributed by atoms with Crippen molar-refractivity contribution in [2.75, 3.05) is 5.75 Å². The largest absolute Gasteiger partial charge is 0.357 e. The second-order valence-corrected chi connectivity index (χ2v) is 6.28. The van der Waals surface area contributed by atoms with Gasteiger partial charge in [-0.3, -0.25) is 0 Å². The van der Waals surface area contributed by atoms with Gasteiger partial charge in [0.05, 0.1) is 5.75 Å². The van der Waals surface area contributed by atoms with Crippen LogP contribution in [0.15, 0.2) is 18.5 Å². The molecule has 0 unspecified atom stereocenters. The zero-order valence-corrected chi connectivity index (χ0v) is 9.68. The molecule has 1 heterocycles. The number of aromatic nitrogens is 1. The summed E-state index contributed by atoms with van der Waals surface area (Å²) in [5.74, 6) is 0.0708. The van der Waals surface area contributed by atoms with Gasteiger partial charge in [0.15, 0.2) is 0 Å². The molecular formula is C9H14ClNO2S. The maximum Gasteiger partial charge on any atom is 0.232 e. The van der Waals surface area contributed by atoms with Crippen LogP contribution >= 0.6 is 10.7 Å². The van der Waals surface area contributed by atoms with Crippen LogP contribution in [-0.2, 0) is 22.5 Å². The number of nitrogens with zero attached hydrogens (tertiary/aromatic N) is 1. The van der Waals surface area contributed by atoms with E-state index in [2.05, 4.69) is 0 Å². The van der Waals surface area contributed by atoms with E-state index in [9.17, 15) is 8.42 Å². The average molecular weight is 236 g/mol. The Bertz CT molecular complexity index is 383. The Morgan fingerprint density at radius 1 is 1.43 bits per heavy atom. The fourth-order valence-corrected chi connectivity index (χ4v) is 2.19. The van der Waals surface area contributed by atoms with E-state index in [0.29, 0.717) is 6.42 Å². The van der Waals surface area contributed by atoms with E-state index in [4.69, 9.17) is 10.7 Å². The number of aryl methyl sites for hydroxylation is 2. The van der Waals surface area contributed by atoms with Crippen molar-refractivity contribution in [3.8, 4) is 0 Å². The second kappa shape index (κ2) is 4.84. The molecule has 0 amide bonds. The van der Waals surface area contributed by atoms with Crippen molar-refractivity contribution in [1.29, 1.82) is 0 Å². The molecule has 0 atom stereocenters. The van der Waals surface area contributed by atoms with Crippen LogP contribution in [0.2, 0.25) is 0 Å². The topological polar surface area (TPSA) is 39.1 Å². The first kappa shape index (κ1) is 11.6. The molecule has 0 aromatic carbocycles. The number of rotatable bonds is 5. The van der Waals surface area contributed by atoms with Gasteiger partial charge in [-0.25, -0.2) is 8.42 Å². The van der Waals surface area contributed by atoms with E-state index in [1.165, 1.54) is 5.56 Å². The van der Waals surface area contributed by atoms with Gasteiger partial charge < -0.3 is 4.57 Å². The monoisotopic (exact) mass is 235 g/mol. The van der Waals surface area contributed by atoms with Gasteiger partial charge in [-0.05, 0) is 30.9 Å². The van der Waals surface area contributed by atoms with Crippen molar-refractivity contribution < 1.29 is 8.42 Å². The maximum atomic E-state index is 10.6. The Kier molecular flexibility index (Phi) is 4.01. The van der Waals surface area contributed by atoms with Gasteiger partial charge in [0.25, 0.3) is 0 Å². The summed E-state index contributed by atoms with van der Waals surface area (Å²) < 4.78 is 23.2. The summed E-state index contributed by atoms with van der Waals surface area (Å²) in [6, 6.07) is 2.04.